The van der Waals surface area contributed by atoms with Crippen LogP contribution in [0.4, 0.5) is 5.69 Å². The number of likely N-dealkylation sites (tertiary alicyclic amines) is 1. The lowest BCUT2D eigenvalue weighted by Gasteiger charge is -2.33. The van der Waals surface area contributed by atoms with Gasteiger partial charge in [0.15, 0.2) is 11.5 Å². The lowest BCUT2D eigenvalue weighted by Crippen LogP contribution is -2.42. The molecule has 164 valence electrons. The third-order valence-electron chi connectivity index (χ3n) is 4.98. The first-order chi connectivity index (χ1) is 13.2. The molecule has 1 aromatic carbocycles. The number of nitrogens with zero attached hydrogens (tertiary/aromatic N) is 1. The Bertz CT molecular complexity index is 717. The second kappa shape index (κ2) is 10.7. The molecule has 1 fully saturated rings. The number of amides is 2. The van der Waals surface area contributed by atoms with E-state index in [1.54, 1.807) is 12.1 Å². The normalized spacial score (nSPS) is 16.6. The van der Waals surface area contributed by atoms with Gasteiger partial charge in [-0.1, -0.05) is 20.8 Å². The summed E-state index contributed by atoms with van der Waals surface area (Å²) in [5.41, 5.74) is 0.273. The molecule has 8 heteroatoms. The van der Waals surface area contributed by atoms with Gasteiger partial charge in [-0.3, -0.25) is 9.59 Å². The molecule has 2 N–H and O–H groups in total. The number of carbonyl (C=O) groups is 2. The van der Waals surface area contributed by atoms with Crippen LogP contribution in [0.2, 0.25) is 0 Å². The Labute approximate surface area is 179 Å². The van der Waals surface area contributed by atoms with Gasteiger partial charge in [-0.2, -0.15) is 0 Å². The number of rotatable bonds is 6. The molecule has 7 nitrogen and oxygen atoms in total. The largest absolute Gasteiger partial charge is 0.493 e. The van der Waals surface area contributed by atoms with Crippen molar-refractivity contribution < 1.29 is 19.1 Å². The second-order valence-electron chi connectivity index (χ2n) is 8.27. The molecule has 2 rings (SSSR count). The van der Waals surface area contributed by atoms with Gasteiger partial charge in [0.05, 0.1) is 25.5 Å². The average molecular weight is 428 g/mol. The van der Waals surface area contributed by atoms with E-state index in [1.807, 2.05) is 32.7 Å². The molecule has 0 saturated carbocycles. The monoisotopic (exact) mass is 427 g/mol. The highest BCUT2D eigenvalue weighted by molar-refractivity contribution is 6.05. The first kappa shape index (κ1) is 25.0. The maximum Gasteiger partial charge on any atom is 0.256 e. The van der Waals surface area contributed by atoms with Crippen molar-refractivity contribution in [3.05, 3.63) is 17.7 Å². The molecule has 1 aliphatic rings. The number of hydrogen-bond acceptors (Lipinski definition) is 5. The third kappa shape index (κ3) is 6.24. The summed E-state index contributed by atoms with van der Waals surface area (Å²) in [6.45, 7) is 7.77. The van der Waals surface area contributed by atoms with Crippen molar-refractivity contribution in [1.82, 2.24) is 10.2 Å². The van der Waals surface area contributed by atoms with Crippen molar-refractivity contribution in [2.45, 2.75) is 33.6 Å². The predicted octanol–water partition coefficient (Wildman–Crippen LogP) is 3.18. The van der Waals surface area contributed by atoms with Crippen LogP contribution in [0.3, 0.4) is 0 Å². The molecule has 29 heavy (non-hydrogen) atoms. The van der Waals surface area contributed by atoms with Crippen LogP contribution in [0.25, 0.3) is 0 Å². The highest BCUT2D eigenvalue weighted by atomic mass is 35.5. The summed E-state index contributed by atoms with van der Waals surface area (Å²) in [5, 5.41) is 6.09. The highest BCUT2D eigenvalue weighted by Crippen LogP contribution is 2.35. The first-order valence-corrected chi connectivity index (χ1v) is 9.72. The lowest BCUT2D eigenvalue weighted by atomic mass is 9.95. The zero-order chi connectivity index (χ0) is 20.9. The fourth-order valence-corrected chi connectivity index (χ4v) is 3.34. The minimum atomic E-state index is -0.587. The second-order valence-corrected chi connectivity index (χ2v) is 8.27. The maximum atomic E-state index is 13.3. The van der Waals surface area contributed by atoms with Crippen molar-refractivity contribution in [1.29, 1.82) is 0 Å². The quantitative estimate of drug-likeness (QED) is 0.728. The summed E-state index contributed by atoms with van der Waals surface area (Å²) < 4.78 is 10.7. The molecule has 1 atom stereocenters. The average Bonchev–Trinajstić information content (AvgIpc) is 2.66. The van der Waals surface area contributed by atoms with E-state index in [0.717, 1.165) is 19.4 Å². The number of halogens is 1. The van der Waals surface area contributed by atoms with Gasteiger partial charge < -0.3 is 25.0 Å². The van der Waals surface area contributed by atoms with E-state index in [1.165, 1.54) is 14.2 Å². The molecule has 2 amide bonds. The van der Waals surface area contributed by atoms with Crippen LogP contribution in [0, 0.1) is 11.3 Å². The zero-order valence-corrected chi connectivity index (χ0v) is 19.1. The Hall–Kier alpha value is -1.99. The number of hydrogen-bond donors (Lipinski definition) is 2. The topological polar surface area (TPSA) is 79.9 Å². The maximum absolute atomic E-state index is 13.3. The van der Waals surface area contributed by atoms with E-state index in [2.05, 4.69) is 10.6 Å². The Morgan fingerprint density at radius 3 is 2.34 bits per heavy atom. The molecule has 0 bridgehead atoms. The van der Waals surface area contributed by atoms with E-state index < -0.39 is 5.41 Å². The van der Waals surface area contributed by atoms with Gasteiger partial charge >= 0.3 is 0 Å². The molecule has 1 aromatic rings. The Kier molecular flexibility index (Phi) is 9.23. The molecular weight excluding hydrogens is 394 g/mol. The van der Waals surface area contributed by atoms with E-state index >= 15 is 0 Å². The molecule has 0 aliphatic carbocycles. The number of benzene rings is 1. The van der Waals surface area contributed by atoms with Crippen molar-refractivity contribution in [2.24, 2.45) is 11.3 Å². The number of anilines is 1. The Morgan fingerprint density at radius 2 is 1.79 bits per heavy atom. The molecule has 0 radical (unpaired) electrons. The van der Waals surface area contributed by atoms with Gasteiger partial charge in [-0.05, 0) is 38.4 Å². The fourth-order valence-electron chi connectivity index (χ4n) is 3.34. The van der Waals surface area contributed by atoms with Crippen molar-refractivity contribution >= 4 is 29.9 Å². The van der Waals surface area contributed by atoms with Crippen LogP contribution >= 0.6 is 12.4 Å². The van der Waals surface area contributed by atoms with Crippen molar-refractivity contribution in [3.63, 3.8) is 0 Å². The molecule has 1 heterocycles. The van der Waals surface area contributed by atoms with Gasteiger partial charge in [0, 0.05) is 24.6 Å². The summed E-state index contributed by atoms with van der Waals surface area (Å²) in [7, 11) is 4.99. The van der Waals surface area contributed by atoms with Crippen molar-refractivity contribution in [3.8, 4) is 11.5 Å². The molecule has 1 aliphatic heterocycles. The lowest BCUT2D eigenvalue weighted by molar-refractivity contribution is -0.123. The van der Waals surface area contributed by atoms with Crippen LogP contribution < -0.4 is 20.1 Å². The van der Waals surface area contributed by atoms with Crippen molar-refractivity contribution in [2.75, 3.05) is 46.2 Å². The van der Waals surface area contributed by atoms with Gasteiger partial charge in [-0.15, -0.1) is 12.4 Å². The number of piperidine rings is 1. The van der Waals surface area contributed by atoms with Crippen LogP contribution in [0.15, 0.2) is 12.1 Å². The van der Waals surface area contributed by atoms with Crippen LogP contribution in [0.5, 0.6) is 11.5 Å². The Morgan fingerprint density at radius 1 is 1.17 bits per heavy atom. The van der Waals surface area contributed by atoms with Crippen LogP contribution in [-0.4, -0.2) is 57.6 Å². The third-order valence-corrected chi connectivity index (χ3v) is 4.98. The van der Waals surface area contributed by atoms with Crippen LogP contribution in [0.1, 0.15) is 44.0 Å². The predicted molar refractivity (Wildman–Crippen MR) is 117 cm³/mol. The van der Waals surface area contributed by atoms with Gasteiger partial charge in [0.2, 0.25) is 5.91 Å². The minimum Gasteiger partial charge on any atom is -0.493 e. The first-order valence-electron chi connectivity index (χ1n) is 9.72. The van der Waals surface area contributed by atoms with Crippen LogP contribution in [-0.2, 0) is 4.79 Å². The summed E-state index contributed by atoms with van der Waals surface area (Å²) in [4.78, 5) is 27.7. The summed E-state index contributed by atoms with van der Waals surface area (Å²) >= 11 is 0. The number of methoxy groups -OCH3 is 2. The van der Waals surface area contributed by atoms with Gasteiger partial charge in [0.1, 0.15) is 0 Å². The van der Waals surface area contributed by atoms with Gasteiger partial charge in [-0.25, -0.2) is 0 Å². The SMILES string of the molecule is CNCC1CCCN(C(=O)c2cc(OC)c(OC)cc2NC(=O)C(C)(C)C)C1.Cl. The van der Waals surface area contributed by atoms with Gasteiger partial charge in [0.25, 0.3) is 5.91 Å². The number of ether oxygens (including phenoxy) is 2. The standard InChI is InChI=1S/C21H33N3O4.ClH/c1-21(2,3)20(26)23-16-11-18(28-6)17(27-5)10-15(16)19(25)24-9-7-8-14(13-24)12-22-4;/h10-11,14,22H,7-9,12-13H2,1-6H3,(H,23,26);1H. The zero-order valence-electron chi connectivity index (χ0n) is 18.3. The highest BCUT2D eigenvalue weighted by Gasteiger charge is 2.29. The Balaban J connectivity index is 0.00000420. The molecular formula is C21H34ClN3O4. The molecule has 0 aromatic heterocycles. The summed E-state index contributed by atoms with van der Waals surface area (Å²) in [6, 6.07) is 3.31. The molecule has 1 unspecified atom stereocenters. The fraction of sp³-hybridized carbons (Fsp3) is 0.619. The smallest absolute Gasteiger partial charge is 0.256 e. The number of nitrogens with one attached hydrogen (secondary N) is 2. The van der Waals surface area contributed by atoms with E-state index in [0.29, 0.717) is 41.8 Å². The summed E-state index contributed by atoms with van der Waals surface area (Å²) in [6.07, 6.45) is 2.07. The molecule has 0 spiro atoms. The molecule has 1 saturated heterocycles. The summed E-state index contributed by atoms with van der Waals surface area (Å²) in [5.74, 6) is 1.08. The van der Waals surface area contributed by atoms with E-state index in [-0.39, 0.29) is 24.2 Å². The van der Waals surface area contributed by atoms with E-state index in [4.69, 9.17) is 9.47 Å². The minimum absolute atomic E-state index is 0. The number of carbonyl (C=O) groups excluding carboxylic acids is 2. The van der Waals surface area contributed by atoms with E-state index in [9.17, 15) is 9.59 Å².